The molecule has 2 aromatic rings. The van der Waals surface area contributed by atoms with Crippen molar-refractivity contribution in [3.63, 3.8) is 0 Å². The van der Waals surface area contributed by atoms with Gasteiger partial charge in [0.05, 0.1) is 32.0 Å². The van der Waals surface area contributed by atoms with Gasteiger partial charge in [-0.3, -0.25) is 0 Å². The van der Waals surface area contributed by atoms with Crippen LogP contribution < -0.4 is 4.74 Å². The van der Waals surface area contributed by atoms with E-state index in [9.17, 15) is 4.39 Å². The number of rotatable bonds is 4. The highest BCUT2D eigenvalue weighted by molar-refractivity contribution is 5.25. The van der Waals surface area contributed by atoms with Crippen molar-refractivity contribution in [2.24, 2.45) is 0 Å². The molecule has 0 aliphatic carbocycles. The van der Waals surface area contributed by atoms with Crippen LogP contribution in [0.2, 0.25) is 0 Å². The topological polar surface area (TPSA) is 47.3 Å². The van der Waals surface area contributed by atoms with E-state index >= 15 is 0 Å². The molecule has 0 fully saturated rings. The fourth-order valence-electron chi connectivity index (χ4n) is 1.66. The molecular weight excluding hydrogens is 223 g/mol. The first-order valence-corrected chi connectivity index (χ1v) is 5.19. The van der Waals surface area contributed by atoms with E-state index in [1.165, 1.54) is 24.1 Å². The van der Waals surface area contributed by atoms with Crippen molar-refractivity contribution >= 4 is 0 Å². The van der Waals surface area contributed by atoms with Crippen molar-refractivity contribution < 1.29 is 14.2 Å². The van der Waals surface area contributed by atoms with E-state index in [-0.39, 0.29) is 19.0 Å². The van der Waals surface area contributed by atoms with Crippen LogP contribution in [0.3, 0.4) is 0 Å². The minimum absolute atomic E-state index is 0.152. The lowest BCUT2D eigenvalue weighted by Gasteiger charge is -2.08. The van der Waals surface area contributed by atoms with Crippen LogP contribution in [0.25, 0.3) is 0 Å². The lowest BCUT2D eigenvalue weighted by Crippen LogP contribution is -2.06. The molecule has 17 heavy (non-hydrogen) atoms. The fourth-order valence-corrected chi connectivity index (χ4v) is 1.66. The van der Waals surface area contributed by atoms with Gasteiger partial charge in [0, 0.05) is 5.56 Å². The highest BCUT2D eigenvalue weighted by Crippen LogP contribution is 2.19. The Bertz CT molecular complexity index is 511. The largest absolute Gasteiger partial charge is 0.481 e. The van der Waals surface area contributed by atoms with Gasteiger partial charge in [0.25, 0.3) is 0 Å². The first-order chi connectivity index (χ1) is 8.26. The second-order valence-corrected chi connectivity index (χ2v) is 3.59. The highest BCUT2D eigenvalue weighted by Gasteiger charge is 2.12. The molecule has 1 N–H and O–H groups in total. The highest BCUT2D eigenvalue weighted by atomic mass is 19.1. The molecule has 1 aromatic heterocycles. The monoisotopic (exact) mass is 236 g/mol. The molecule has 1 heterocycles. The summed E-state index contributed by atoms with van der Waals surface area (Å²) in [6, 6.07) is 6.49. The van der Waals surface area contributed by atoms with Crippen LogP contribution >= 0.6 is 0 Å². The summed E-state index contributed by atoms with van der Waals surface area (Å²) in [5, 5.41) is 13.1. The minimum atomic E-state index is -0.282. The number of benzene rings is 1. The normalized spacial score (nSPS) is 10.5. The number of halogens is 1. The van der Waals surface area contributed by atoms with Gasteiger partial charge in [0.1, 0.15) is 5.82 Å². The molecule has 5 heteroatoms. The Morgan fingerprint density at radius 2 is 2.12 bits per heavy atom. The molecule has 1 aromatic carbocycles. The number of ether oxygens (including phenoxy) is 1. The number of aromatic nitrogens is 2. The standard InChI is InChI=1S/C12H13FN2O2/c1-17-12-10(8-16)6-14-15(12)7-9-4-2-3-5-11(9)13/h2-6,16H,7-8H2,1H3. The maximum Gasteiger partial charge on any atom is 0.217 e. The third kappa shape index (κ3) is 2.29. The summed E-state index contributed by atoms with van der Waals surface area (Å²) >= 11 is 0. The number of aliphatic hydroxyl groups excluding tert-OH is 1. The van der Waals surface area contributed by atoms with E-state index < -0.39 is 0 Å². The maximum atomic E-state index is 13.5. The number of nitrogens with zero attached hydrogens (tertiary/aromatic N) is 2. The van der Waals surface area contributed by atoms with Gasteiger partial charge in [-0.25, -0.2) is 9.07 Å². The zero-order valence-electron chi connectivity index (χ0n) is 9.43. The van der Waals surface area contributed by atoms with E-state index in [2.05, 4.69) is 5.10 Å². The smallest absolute Gasteiger partial charge is 0.217 e. The Kier molecular flexibility index (Phi) is 3.39. The molecule has 4 nitrogen and oxygen atoms in total. The van der Waals surface area contributed by atoms with Crippen molar-refractivity contribution in [2.75, 3.05) is 7.11 Å². The van der Waals surface area contributed by atoms with Gasteiger partial charge in [0.15, 0.2) is 0 Å². The first kappa shape index (κ1) is 11.6. The predicted octanol–water partition coefficient (Wildman–Crippen LogP) is 1.57. The summed E-state index contributed by atoms with van der Waals surface area (Å²) in [5.74, 6) is 0.173. The minimum Gasteiger partial charge on any atom is -0.481 e. The molecule has 0 atom stereocenters. The second kappa shape index (κ2) is 4.97. The fraction of sp³-hybridized carbons (Fsp3) is 0.250. The van der Waals surface area contributed by atoms with Crippen LogP contribution in [-0.2, 0) is 13.2 Å². The summed E-state index contributed by atoms with van der Waals surface area (Å²) in [4.78, 5) is 0. The van der Waals surface area contributed by atoms with Crippen LogP contribution in [-0.4, -0.2) is 22.0 Å². The van der Waals surface area contributed by atoms with Crippen LogP contribution in [0, 0.1) is 5.82 Å². The van der Waals surface area contributed by atoms with Crippen molar-refractivity contribution in [1.82, 2.24) is 9.78 Å². The lowest BCUT2D eigenvalue weighted by atomic mass is 10.2. The summed E-state index contributed by atoms with van der Waals surface area (Å²) in [6.45, 7) is 0.121. The molecule has 2 rings (SSSR count). The van der Waals surface area contributed by atoms with Crippen LogP contribution in [0.4, 0.5) is 4.39 Å². The van der Waals surface area contributed by atoms with Crippen molar-refractivity contribution in [3.05, 3.63) is 47.4 Å². The van der Waals surface area contributed by atoms with E-state index in [4.69, 9.17) is 9.84 Å². The average Bonchev–Trinajstić information content (AvgIpc) is 2.74. The molecule has 0 saturated heterocycles. The van der Waals surface area contributed by atoms with E-state index in [1.807, 2.05) is 0 Å². The molecule has 0 spiro atoms. The maximum absolute atomic E-state index is 13.5. The molecule has 0 bridgehead atoms. The van der Waals surface area contributed by atoms with Crippen molar-refractivity contribution in [1.29, 1.82) is 0 Å². The number of hydrogen-bond donors (Lipinski definition) is 1. The van der Waals surface area contributed by atoms with E-state index in [1.54, 1.807) is 18.2 Å². The molecule has 0 aliphatic rings. The van der Waals surface area contributed by atoms with E-state index in [0.29, 0.717) is 17.0 Å². The Balaban J connectivity index is 2.30. The van der Waals surface area contributed by atoms with Gasteiger partial charge >= 0.3 is 0 Å². The zero-order valence-corrected chi connectivity index (χ0v) is 9.43. The second-order valence-electron chi connectivity index (χ2n) is 3.59. The molecular formula is C12H13FN2O2. The summed E-state index contributed by atoms with van der Waals surface area (Å²) < 4.78 is 20.1. The molecule has 0 amide bonds. The Labute approximate surface area is 98.3 Å². The van der Waals surface area contributed by atoms with Crippen molar-refractivity contribution in [2.45, 2.75) is 13.2 Å². The van der Waals surface area contributed by atoms with Crippen LogP contribution in [0.1, 0.15) is 11.1 Å². The predicted molar refractivity (Wildman–Crippen MR) is 60.2 cm³/mol. The third-order valence-electron chi connectivity index (χ3n) is 2.50. The van der Waals surface area contributed by atoms with Gasteiger partial charge in [-0.05, 0) is 6.07 Å². The quantitative estimate of drug-likeness (QED) is 0.876. The summed E-state index contributed by atoms with van der Waals surface area (Å²) in [7, 11) is 1.49. The van der Waals surface area contributed by atoms with E-state index in [0.717, 1.165) is 0 Å². The van der Waals surface area contributed by atoms with Crippen molar-refractivity contribution in [3.8, 4) is 5.88 Å². The lowest BCUT2D eigenvalue weighted by molar-refractivity contribution is 0.270. The number of aliphatic hydroxyl groups is 1. The molecule has 0 aliphatic heterocycles. The van der Waals surface area contributed by atoms with Gasteiger partial charge in [0.2, 0.25) is 5.88 Å². The average molecular weight is 236 g/mol. The summed E-state index contributed by atoms with van der Waals surface area (Å²) in [5.41, 5.74) is 1.11. The molecule has 0 radical (unpaired) electrons. The Morgan fingerprint density at radius 3 is 2.76 bits per heavy atom. The first-order valence-electron chi connectivity index (χ1n) is 5.19. The van der Waals surface area contributed by atoms with Gasteiger partial charge in [-0.2, -0.15) is 5.10 Å². The third-order valence-corrected chi connectivity index (χ3v) is 2.50. The Hall–Kier alpha value is -1.88. The Morgan fingerprint density at radius 1 is 1.35 bits per heavy atom. The van der Waals surface area contributed by atoms with Gasteiger partial charge < -0.3 is 9.84 Å². The van der Waals surface area contributed by atoms with Gasteiger partial charge in [-0.1, -0.05) is 18.2 Å². The summed E-state index contributed by atoms with van der Waals surface area (Å²) in [6.07, 6.45) is 1.51. The SMILES string of the molecule is COc1c(CO)cnn1Cc1ccccc1F. The zero-order chi connectivity index (χ0) is 12.3. The molecule has 0 unspecified atom stereocenters. The van der Waals surface area contributed by atoms with Gasteiger partial charge in [-0.15, -0.1) is 0 Å². The van der Waals surface area contributed by atoms with Crippen LogP contribution in [0.5, 0.6) is 5.88 Å². The van der Waals surface area contributed by atoms with Crippen LogP contribution in [0.15, 0.2) is 30.5 Å². The number of hydrogen-bond acceptors (Lipinski definition) is 3. The number of methoxy groups -OCH3 is 1. The molecule has 0 saturated carbocycles. The molecule has 90 valence electrons.